The van der Waals surface area contributed by atoms with Crippen LogP contribution in [-0.2, 0) is 13.1 Å². The molecule has 1 aliphatic rings. The van der Waals surface area contributed by atoms with Gasteiger partial charge >= 0.3 is 0 Å². The van der Waals surface area contributed by atoms with Crippen molar-refractivity contribution in [3.8, 4) is 11.4 Å². The third kappa shape index (κ3) is 5.04. The maximum absolute atomic E-state index is 13.4. The zero-order chi connectivity index (χ0) is 25.0. The van der Waals surface area contributed by atoms with Crippen LogP contribution in [0.3, 0.4) is 0 Å². The second kappa shape index (κ2) is 10.4. The van der Waals surface area contributed by atoms with Crippen molar-refractivity contribution in [2.24, 2.45) is 0 Å². The van der Waals surface area contributed by atoms with Gasteiger partial charge in [0.15, 0.2) is 0 Å². The molecule has 1 saturated heterocycles. The average molecular weight is 487 g/mol. The van der Waals surface area contributed by atoms with Gasteiger partial charge in [-0.2, -0.15) is 0 Å². The molecule has 6 rings (SSSR count). The minimum atomic E-state index is 0.0853. The highest BCUT2D eigenvalue weighted by Gasteiger charge is 2.23. The number of hydrogen-bond acceptors (Lipinski definition) is 3. The van der Waals surface area contributed by atoms with E-state index in [9.17, 15) is 4.79 Å². The molecule has 184 valence electrons. The van der Waals surface area contributed by atoms with Crippen LogP contribution in [0.2, 0.25) is 0 Å². The van der Waals surface area contributed by atoms with Crippen molar-refractivity contribution >= 4 is 16.9 Å². The summed E-state index contributed by atoms with van der Waals surface area (Å²) in [6.45, 7) is 4.06. The predicted molar refractivity (Wildman–Crippen MR) is 148 cm³/mol. The fourth-order valence-electron chi connectivity index (χ4n) is 5.17. The second-order valence-corrected chi connectivity index (χ2v) is 9.67. The number of amides is 1. The van der Waals surface area contributed by atoms with Gasteiger partial charge in [0.25, 0.3) is 5.91 Å². The van der Waals surface area contributed by atoms with Crippen LogP contribution in [0, 0.1) is 0 Å². The summed E-state index contributed by atoms with van der Waals surface area (Å²) in [6, 6.07) is 37.1. The summed E-state index contributed by atoms with van der Waals surface area (Å²) in [4.78, 5) is 22.6. The normalized spacial score (nSPS) is 14.2. The molecule has 37 heavy (non-hydrogen) atoms. The molecular weight excluding hydrogens is 456 g/mol. The minimum absolute atomic E-state index is 0.0853. The van der Waals surface area contributed by atoms with Crippen LogP contribution in [0.1, 0.15) is 27.9 Å². The number of benzene rings is 4. The van der Waals surface area contributed by atoms with Crippen molar-refractivity contribution in [2.45, 2.75) is 19.5 Å². The fourth-order valence-corrected chi connectivity index (χ4v) is 5.17. The van der Waals surface area contributed by atoms with Gasteiger partial charge in [0.2, 0.25) is 0 Å². The predicted octanol–water partition coefficient (Wildman–Crippen LogP) is 6.06. The van der Waals surface area contributed by atoms with Gasteiger partial charge in [-0.3, -0.25) is 9.69 Å². The number of aromatic nitrogens is 2. The first-order chi connectivity index (χ1) is 18.2. The Bertz CT molecular complexity index is 1490. The lowest BCUT2D eigenvalue weighted by Crippen LogP contribution is -2.47. The van der Waals surface area contributed by atoms with Crippen LogP contribution in [-0.4, -0.2) is 45.0 Å². The van der Waals surface area contributed by atoms with E-state index < -0.39 is 0 Å². The first kappa shape index (κ1) is 23.2. The summed E-state index contributed by atoms with van der Waals surface area (Å²) in [5.41, 5.74) is 6.31. The molecule has 0 bridgehead atoms. The average Bonchev–Trinajstić information content (AvgIpc) is 3.32. The second-order valence-electron chi connectivity index (χ2n) is 9.67. The molecule has 2 heterocycles. The molecule has 5 nitrogen and oxygen atoms in total. The Hall–Kier alpha value is -4.22. The van der Waals surface area contributed by atoms with Crippen LogP contribution in [0.4, 0.5) is 0 Å². The number of carbonyl (C=O) groups is 1. The third-order valence-electron chi connectivity index (χ3n) is 7.04. The van der Waals surface area contributed by atoms with Crippen LogP contribution >= 0.6 is 0 Å². The van der Waals surface area contributed by atoms with Crippen LogP contribution in [0.25, 0.3) is 22.4 Å². The molecule has 5 aromatic rings. The van der Waals surface area contributed by atoms with Gasteiger partial charge in [-0.1, -0.05) is 84.9 Å². The highest BCUT2D eigenvalue weighted by molar-refractivity contribution is 5.94. The third-order valence-corrected chi connectivity index (χ3v) is 7.04. The molecule has 1 aliphatic heterocycles. The van der Waals surface area contributed by atoms with Gasteiger partial charge in [0.05, 0.1) is 17.7 Å². The minimum Gasteiger partial charge on any atom is -0.326 e. The monoisotopic (exact) mass is 486 g/mol. The molecule has 0 spiro atoms. The van der Waals surface area contributed by atoms with E-state index in [4.69, 9.17) is 4.98 Å². The number of carbonyl (C=O) groups excluding carboxylic acids is 1. The molecule has 0 atom stereocenters. The first-order valence-electron chi connectivity index (χ1n) is 12.9. The number of rotatable bonds is 6. The molecule has 0 saturated carbocycles. The van der Waals surface area contributed by atoms with E-state index in [1.54, 1.807) is 0 Å². The molecule has 1 amide bonds. The molecule has 0 radical (unpaired) electrons. The number of hydrogen-bond donors (Lipinski definition) is 0. The summed E-state index contributed by atoms with van der Waals surface area (Å²) in [6.07, 6.45) is 0.986. The summed E-state index contributed by atoms with van der Waals surface area (Å²) in [5, 5.41) is 0. The molecule has 0 N–H and O–H groups in total. The van der Waals surface area contributed by atoms with Gasteiger partial charge in [0, 0.05) is 37.3 Å². The van der Waals surface area contributed by atoms with Crippen molar-refractivity contribution in [3.05, 3.63) is 126 Å². The molecular formula is C32H30N4O. The molecule has 5 heteroatoms. The van der Waals surface area contributed by atoms with Crippen molar-refractivity contribution in [2.75, 3.05) is 19.8 Å². The molecule has 0 aliphatic carbocycles. The SMILES string of the molecule is O=C(c1ccc(-c2nc3ccccc3n2Cc2ccccc2)cc1)N1CCCN(Cc2ccccc2)C1. The van der Waals surface area contributed by atoms with Crippen molar-refractivity contribution in [1.82, 2.24) is 19.4 Å². The van der Waals surface area contributed by atoms with Gasteiger partial charge in [-0.25, -0.2) is 4.98 Å². The number of imidazole rings is 1. The van der Waals surface area contributed by atoms with E-state index in [2.05, 4.69) is 76.2 Å². The van der Waals surface area contributed by atoms with Crippen molar-refractivity contribution < 1.29 is 4.79 Å². The zero-order valence-corrected chi connectivity index (χ0v) is 20.8. The van der Waals surface area contributed by atoms with Gasteiger partial charge < -0.3 is 9.47 Å². The highest BCUT2D eigenvalue weighted by Crippen LogP contribution is 2.27. The maximum atomic E-state index is 13.4. The van der Waals surface area contributed by atoms with E-state index in [1.807, 2.05) is 47.4 Å². The highest BCUT2D eigenvalue weighted by atomic mass is 16.2. The van der Waals surface area contributed by atoms with E-state index in [-0.39, 0.29) is 5.91 Å². The molecule has 1 fully saturated rings. The topological polar surface area (TPSA) is 41.4 Å². The lowest BCUT2D eigenvalue weighted by atomic mass is 10.1. The summed E-state index contributed by atoms with van der Waals surface area (Å²) in [7, 11) is 0. The Kier molecular flexibility index (Phi) is 6.53. The van der Waals surface area contributed by atoms with E-state index >= 15 is 0 Å². The lowest BCUT2D eigenvalue weighted by molar-refractivity contribution is 0.0480. The van der Waals surface area contributed by atoms with Gasteiger partial charge in [-0.05, 0) is 41.8 Å². The van der Waals surface area contributed by atoms with Crippen molar-refractivity contribution in [1.29, 1.82) is 0 Å². The lowest BCUT2D eigenvalue weighted by Gasteiger charge is -2.35. The van der Waals surface area contributed by atoms with E-state index in [0.717, 1.165) is 60.6 Å². The Morgan fingerprint density at radius 3 is 2.08 bits per heavy atom. The van der Waals surface area contributed by atoms with Crippen LogP contribution < -0.4 is 0 Å². The van der Waals surface area contributed by atoms with Crippen LogP contribution in [0.5, 0.6) is 0 Å². The summed E-state index contributed by atoms with van der Waals surface area (Å²) in [5.74, 6) is 0.998. The van der Waals surface area contributed by atoms with Crippen molar-refractivity contribution in [3.63, 3.8) is 0 Å². The van der Waals surface area contributed by atoms with Crippen LogP contribution in [0.15, 0.2) is 109 Å². The Morgan fingerprint density at radius 1 is 0.703 bits per heavy atom. The smallest absolute Gasteiger partial charge is 0.254 e. The number of para-hydroxylation sites is 2. The van der Waals surface area contributed by atoms with Gasteiger partial charge in [0.1, 0.15) is 5.82 Å². The Morgan fingerprint density at radius 2 is 1.35 bits per heavy atom. The molecule has 4 aromatic carbocycles. The number of nitrogens with zero attached hydrogens (tertiary/aromatic N) is 4. The maximum Gasteiger partial charge on any atom is 0.254 e. The largest absolute Gasteiger partial charge is 0.326 e. The number of fused-ring (bicyclic) bond motifs is 1. The molecule has 0 unspecified atom stereocenters. The quantitative estimate of drug-likeness (QED) is 0.293. The Labute approximate surface area is 217 Å². The van der Waals surface area contributed by atoms with Gasteiger partial charge in [-0.15, -0.1) is 0 Å². The molecule has 1 aromatic heterocycles. The summed E-state index contributed by atoms with van der Waals surface area (Å²) >= 11 is 0. The zero-order valence-electron chi connectivity index (χ0n) is 20.8. The van der Waals surface area contributed by atoms with E-state index in [1.165, 1.54) is 11.1 Å². The van der Waals surface area contributed by atoms with E-state index in [0.29, 0.717) is 6.67 Å². The Balaban J connectivity index is 1.22. The summed E-state index contributed by atoms with van der Waals surface area (Å²) < 4.78 is 2.26. The fraction of sp³-hybridized carbons (Fsp3) is 0.188. The standard InChI is InChI=1S/C32H30N4O/c37-32(35-21-9-20-34(24-35)22-25-10-3-1-4-11-25)28-18-16-27(17-19-28)31-33-29-14-7-8-15-30(29)36(31)23-26-12-5-2-6-13-26/h1-8,10-19H,9,20-24H2. The first-order valence-corrected chi connectivity index (χ1v) is 12.9.